The van der Waals surface area contributed by atoms with E-state index in [9.17, 15) is 21.6 Å². The normalized spacial score (nSPS) is 17.1. The maximum Gasteiger partial charge on any atom is 0.425 e. The maximum atomic E-state index is 13.7. The Labute approximate surface area is 209 Å². The van der Waals surface area contributed by atoms with Gasteiger partial charge in [0.05, 0.1) is 4.90 Å². The summed E-state index contributed by atoms with van der Waals surface area (Å²) in [5.74, 6) is -0.375. The molecule has 0 saturated heterocycles. The lowest BCUT2D eigenvalue weighted by atomic mass is 10.2. The topological polar surface area (TPSA) is 73.7 Å². The number of anilines is 1. The third kappa shape index (κ3) is 5.70. The second kappa shape index (κ2) is 9.71. The molecule has 0 saturated carbocycles. The van der Waals surface area contributed by atoms with E-state index >= 15 is 0 Å². The maximum absolute atomic E-state index is 13.7. The van der Waals surface area contributed by atoms with Crippen molar-refractivity contribution in [3.05, 3.63) is 48.2 Å². The van der Waals surface area contributed by atoms with Crippen molar-refractivity contribution < 1.29 is 31.1 Å². The zero-order chi connectivity index (χ0) is 26.3. The van der Waals surface area contributed by atoms with Crippen LogP contribution in [0.5, 0.6) is 5.88 Å². The highest BCUT2D eigenvalue weighted by atomic mass is 32.2. The van der Waals surface area contributed by atoms with Gasteiger partial charge in [-0.25, -0.2) is 8.42 Å². The fourth-order valence-corrected chi connectivity index (χ4v) is 6.09. The van der Waals surface area contributed by atoms with Crippen molar-refractivity contribution >= 4 is 34.8 Å². The number of nitrogens with zero attached hydrogens (tertiary/aromatic N) is 3. The van der Waals surface area contributed by atoms with E-state index in [4.69, 9.17) is 9.47 Å². The van der Waals surface area contributed by atoms with Crippen molar-refractivity contribution in [2.24, 2.45) is 0 Å². The summed E-state index contributed by atoms with van der Waals surface area (Å²) in [5, 5.41) is 0.570. The molecule has 1 atom stereocenters. The van der Waals surface area contributed by atoms with Gasteiger partial charge in [-0.2, -0.15) is 18.2 Å². The summed E-state index contributed by atoms with van der Waals surface area (Å²) in [6.45, 7) is 8.87. The molecule has 1 unspecified atom stereocenters. The predicted octanol–water partition coefficient (Wildman–Crippen LogP) is 5.57. The smallest absolute Gasteiger partial charge is 0.425 e. The van der Waals surface area contributed by atoms with Gasteiger partial charge in [0, 0.05) is 39.2 Å². The van der Waals surface area contributed by atoms with Gasteiger partial charge in [-0.15, -0.1) is 0 Å². The number of aromatic nitrogens is 2. The summed E-state index contributed by atoms with van der Waals surface area (Å²) in [6.07, 6.45) is -5.71. The number of benzene rings is 1. The number of fused-ring (bicyclic) bond motifs is 2. The molecule has 0 bridgehead atoms. The first-order chi connectivity index (χ1) is 16.8. The molecule has 196 valence electrons. The van der Waals surface area contributed by atoms with Crippen LogP contribution in [-0.4, -0.2) is 51.5 Å². The van der Waals surface area contributed by atoms with Crippen LogP contribution in [0.3, 0.4) is 0 Å². The minimum Gasteiger partial charge on any atom is -0.463 e. The molecule has 0 radical (unpaired) electrons. The Morgan fingerprint density at radius 3 is 2.50 bits per heavy atom. The summed E-state index contributed by atoms with van der Waals surface area (Å²) in [5.41, 5.74) is 1.20. The van der Waals surface area contributed by atoms with Gasteiger partial charge in [0.2, 0.25) is 5.88 Å². The van der Waals surface area contributed by atoms with Crippen LogP contribution < -0.4 is 9.04 Å². The van der Waals surface area contributed by atoms with E-state index in [1.54, 1.807) is 29.0 Å². The quantitative estimate of drug-likeness (QED) is 0.289. The van der Waals surface area contributed by atoms with Gasteiger partial charge >= 0.3 is 6.18 Å². The SMILES string of the molecule is Cc1ccc(S(=O)(=O)N2CCC(C(F)(F)F)Oc3nc4c(ccn4COCC[Si](C)(C)C)cc32)cc1. The number of hydrogen-bond acceptors (Lipinski definition) is 5. The molecule has 3 heterocycles. The fraction of sp³-hybridized carbons (Fsp3) is 0.458. The number of aryl methyl sites for hydroxylation is 1. The second-order valence-corrected chi connectivity index (χ2v) is 17.7. The molecule has 2 aromatic heterocycles. The Balaban J connectivity index is 1.73. The fourth-order valence-electron chi connectivity index (χ4n) is 3.86. The third-order valence-electron chi connectivity index (χ3n) is 6.00. The molecule has 4 rings (SSSR count). The van der Waals surface area contributed by atoms with Crippen LogP contribution in [0, 0.1) is 6.92 Å². The third-order valence-corrected chi connectivity index (χ3v) is 9.53. The molecular weight excluding hydrogens is 511 g/mol. The summed E-state index contributed by atoms with van der Waals surface area (Å²) in [6, 6.07) is 10.4. The van der Waals surface area contributed by atoms with E-state index < -0.39 is 43.3 Å². The Hall–Kier alpha value is -2.57. The Kier molecular flexibility index (Phi) is 7.15. The van der Waals surface area contributed by atoms with E-state index in [1.807, 2.05) is 6.92 Å². The minimum absolute atomic E-state index is 0.0158. The van der Waals surface area contributed by atoms with E-state index in [0.717, 1.165) is 15.9 Å². The van der Waals surface area contributed by atoms with Crippen LogP contribution >= 0.6 is 0 Å². The van der Waals surface area contributed by atoms with Crippen molar-refractivity contribution in [1.29, 1.82) is 0 Å². The predicted molar refractivity (Wildman–Crippen MR) is 135 cm³/mol. The number of rotatable bonds is 7. The largest absolute Gasteiger partial charge is 0.463 e. The molecule has 1 aromatic carbocycles. The average molecular weight is 542 g/mol. The first-order valence-electron chi connectivity index (χ1n) is 11.7. The average Bonchev–Trinajstić information content (AvgIpc) is 3.04. The van der Waals surface area contributed by atoms with E-state index in [1.165, 1.54) is 18.2 Å². The summed E-state index contributed by atoms with van der Waals surface area (Å²) in [7, 11) is -5.44. The van der Waals surface area contributed by atoms with Crippen molar-refractivity contribution in [2.45, 2.75) is 62.9 Å². The number of hydrogen-bond donors (Lipinski definition) is 0. The molecule has 1 aliphatic rings. The molecule has 0 fully saturated rings. The van der Waals surface area contributed by atoms with Gasteiger partial charge in [0.15, 0.2) is 6.10 Å². The lowest BCUT2D eigenvalue weighted by Gasteiger charge is -2.23. The highest BCUT2D eigenvalue weighted by Gasteiger charge is 2.45. The molecule has 0 spiro atoms. The summed E-state index contributed by atoms with van der Waals surface area (Å²) >= 11 is 0. The van der Waals surface area contributed by atoms with Crippen LogP contribution in [0.2, 0.25) is 25.7 Å². The van der Waals surface area contributed by atoms with Crippen molar-refractivity contribution in [3.8, 4) is 5.88 Å². The highest BCUT2D eigenvalue weighted by Crippen LogP contribution is 2.40. The molecule has 1 aliphatic heterocycles. The second-order valence-electron chi connectivity index (χ2n) is 10.2. The molecular formula is C24H30F3N3O4SSi. The van der Waals surface area contributed by atoms with E-state index in [-0.39, 0.29) is 23.2 Å². The van der Waals surface area contributed by atoms with Crippen molar-refractivity contribution in [1.82, 2.24) is 9.55 Å². The summed E-state index contributed by atoms with van der Waals surface area (Å²) < 4.78 is 81.8. The molecule has 0 amide bonds. The Bertz CT molecular complexity index is 1340. The van der Waals surface area contributed by atoms with Crippen LogP contribution in [0.4, 0.5) is 18.9 Å². The standard InChI is InChI=1S/C24H30F3N3O4SSi/c1-17-5-7-19(8-6-17)35(31,32)30-12-10-21(24(25,26)27)34-23-20(30)15-18-9-11-29(22(18)28-23)16-33-13-14-36(2,3)4/h5-9,11,15,21H,10,12-14,16H2,1-4H3. The van der Waals surface area contributed by atoms with Crippen LogP contribution in [0.1, 0.15) is 12.0 Å². The lowest BCUT2D eigenvalue weighted by Crippen LogP contribution is -2.37. The molecule has 0 aliphatic carbocycles. The molecule has 36 heavy (non-hydrogen) atoms. The first kappa shape index (κ1) is 26.5. The van der Waals surface area contributed by atoms with Crippen LogP contribution in [-0.2, 0) is 21.5 Å². The molecule has 7 nitrogen and oxygen atoms in total. The summed E-state index contributed by atoms with van der Waals surface area (Å²) in [4.78, 5) is 4.35. The molecule has 3 aromatic rings. The number of alkyl halides is 3. The Morgan fingerprint density at radius 1 is 1.17 bits per heavy atom. The first-order valence-corrected chi connectivity index (χ1v) is 16.8. The molecule has 0 N–H and O–H groups in total. The lowest BCUT2D eigenvalue weighted by molar-refractivity contribution is -0.195. The van der Waals surface area contributed by atoms with Gasteiger partial charge in [0.1, 0.15) is 18.1 Å². The van der Waals surface area contributed by atoms with Crippen LogP contribution in [0.15, 0.2) is 47.5 Å². The van der Waals surface area contributed by atoms with Crippen LogP contribution in [0.25, 0.3) is 11.0 Å². The van der Waals surface area contributed by atoms with E-state index in [0.29, 0.717) is 17.6 Å². The number of ether oxygens (including phenoxy) is 2. The highest BCUT2D eigenvalue weighted by molar-refractivity contribution is 7.92. The number of sulfonamides is 1. The monoisotopic (exact) mass is 541 g/mol. The van der Waals surface area contributed by atoms with Gasteiger partial charge in [-0.1, -0.05) is 37.3 Å². The van der Waals surface area contributed by atoms with Gasteiger partial charge < -0.3 is 14.0 Å². The molecule has 12 heteroatoms. The number of halogens is 3. The van der Waals surface area contributed by atoms with Crippen molar-refractivity contribution in [3.63, 3.8) is 0 Å². The zero-order valence-electron chi connectivity index (χ0n) is 20.7. The van der Waals surface area contributed by atoms with Gasteiger partial charge in [0.25, 0.3) is 10.0 Å². The van der Waals surface area contributed by atoms with Gasteiger partial charge in [-0.3, -0.25) is 4.31 Å². The van der Waals surface area contributed by atoms with E-state index in [2.05, 4.69) is 24.6 Å². The zero-order valence-corrected chi connectivity index (χ0v) is 22.5. The Morgan fingerprint density at radius 2 is 1.86 bits per heavy atom. The van der Waals surface area contributed by atoms with Crippen molar-refractivity contribution in [2.75, 3.05) is 17.5 Å². The minimum atomic E-state index is -4.68. The number of pyridine rings is 1. The van der Waals surface area contributed by atoms with Gasteiger partial charge in [-0.05, 0) is 37.2 Å².